The molecule has 0 bridgehead atoms. The minimum absolute atomic E-state index is 0.135. The summed E-state index contributed by atoms with van der Waals surface area (Å²) < 4.78 is 6.16. The fourth-order valence-corrected chi connectivity index (χ4v) is 2.72. The van der Waals surface area contributed by atoms with Crippen molar-refractivity contribution in [2.45, 2.75) is 46.1 Å². The molecule has 0 aromatic heterocycles. The van der Waals surface area contributed by atoms with Gasteiger partial charge in [0.05, 0.1) is 6.54 Å². The molecular formula is C18H28N2O2. The van der Waals surface area contributed by atoms with Crippen LogP contribution in [0.2, 0.25) is 0 Å². The van der Waals surface area contributed by atoms with E-state index in [0.717, 1.165) is 44.6 Å². The fraction of sp³-hybridized carbons (Fsp3) is 0.611. The van der Waals surface area contributed by atoms with E-state index in [2.05, 4.69) is 49.2 Å². The predicted octanol–water partition coefficient (Wildman–Crippen LogP) is 2.67. The zero-order chi connectivity index (χ0) is 15.9. The Bertz CT molecular complexity index is 494. The maximum absolute atomic E-state index is 11.7. The molecule has 0 aliphatic carbocycles. The highest BCUT2D eigenvalue weighted by molar-refractivity contribution is 5.77. The number of amides is 1. The lowest BCUT2D eigenvalue weighted by Gasteiger charge is -2.32. The van der Waals surface area contributed by atoms with E-state index in [1.54, 1.807) is 0 Å². The minimum Gasteiger partial charge on any atom is -0.490 e. The molecule has 1 aromatic carbocycles. The van der Waals surface area contributed by atoms with Crippen molar-refractivity contribution in [3.63, 3.8) is 0 Å². The lowest BCUT2D eigenvalue weighted by molar-refractivity contribution is -0.122. The molecule has 1 aromatic rings. The van der Waals surface area contributed by atoms with Gasteiger partial charge in [-0.05, 0) is 50.3 Å². The van der Waals surface area contributed by atoms with Gasteiger partial charge >= 0.3 is 0 Å². The Kier molecular flexibility index (Phi) is 6.25. The van der Waals surface area contributed by atoms with Crippen molar-refractivity contribution in [2.24, 2.45) is 0 Å². The van der Waals surface area contributed by atoms with Crippen molar-refractivity contribution in [1.29, 1.82) is 0 Å². The summed E-state index contributed by atoms with van der Waals surface area (Å²) in [4.78, 5) is 14.0. The number of likely N-dealkylation sites (tertiary alicyclic amines) is 1. The largest absolute Gasteiger partial charge is 0.490 e. The molecule has 2 rings (SSSR count). The second kappa shape index (κ2) is 8.18. The van der Waals surface area contributed by atoms with Crippen LogP contribution in [0.25, 0.3) is 0 Å². The topological polar surface area (TPSA) is 41.6 Å². The highest BCUT2D eigenvalue weighted by Crippen LogP contribution is 2.23. The molecule has 0 radical (unpaired) electrons. The molecule has 1 aliphatic rings. The summed E-state index contributed by atoms with van der Waals surface area (Å²) in [5.41, 5.74) is 2.41. The Morgan fingerprint density at radius 1 is 1.32 bits per heavy atom. The number of hydrogen-bond acceptors (Lipinski definition) is 3. The summed E-state index contributed by atoms with van der Waals surface area (Å²) in [6.07, 6.45) is 3.20. The molecule has 1 heterocycles. The summed E-state index contributed by atoms with van der Waals surface area (Å²) in [6.45, 7) is 9.37. The van der Waals surface area contributed by atoms with Crippen LogP contribution in [0, 0.1) is 13.8 Å². The number of ether oxygens (including phenoxy) is 1. The first kappa shape index (κ1) is 16.8. The standard InChI is InChI=1S/C18H28N2O2/c1-4-9-19-18(21)13-20-10-7-16(8-11-20)22-17-12-14(2)5-6-15(17)3/h5-6,12,16H,4,7-11,13H2,1-3H3,(H,19,21). The van der Waals surface area contributed by atoms with Crippen molar-refractivity contribution in [3.8, 4) is 5.75 Å². The number of benzene rings is 1. The SMILES string of the molecule is CCCNC(=O)CN1CCC(Oc2cc(C)ccc2C)CC1. The average Bonchev–Trinajstić information content (AvgIpc) is 2.51. The molecular weight excluding hydrogens is 276 g/mol. The number of aryl methyl sites for hydroxylation is 2. The number of nitrogens with one attached hydrogen (secondary N) is 1. The molecule has 0 saturated carbocycles. The van der Waals surface area contributed by atoms with Crippen LogP contribution in [-0.2, 0) is 4.79 Å². The van der Waals surface area contributed by atoms with Crippen LogP contribution in [0.3, 0.4) is 0 Å². The lowest BCUT2D eigenvalue weighted by Crippen LogP contribution is -2.43. The van der Waals surface area contributed by atoms with Gasteiger partial charge in [-0.25, -0.2) is 0 Å². The van der Waals surface area contributed by atoms with Crippen LogP contribution < -0.4 is 10.1 Å². The summed E-state index contributed by atoms with van der Waals surface area (Å²) in [5, 5.41) is 2.93. The normalized spacial score (nSPS) is 16.5. The van der Waals surface area contributed by atoms with Crippen LogP contribution in [0.1, 0.15) is 37.3 Å². The average molecular weight is 304 g/mol. The number of carbonyl (C=O) groups excluding carboxylic acids is 1. The van der Waals surface area contributed by atoms with Gasteiger partial charge in [-0.3, -0.25) is 9.69 Å². The third-order valence-corrected chi connectivity index (χ3v) is 4.11. The first-order chi connectivity index (χ1) is 10.6. The second-order valence-corrected chi connectivity index (χ2v) is 6.21. The molecule has 1 fully saturated rings. The molecule has 4 nitrogen and oxygen atoms in total. The third kappa shape index (κ3) is 5.02. The van der Waals surface area contributed by atoms with E-state index < -0.39 is 0 Å². The number of piperidine rings is 1. The van der Waals surface area contributed by atoms with Gasteiger partial charge < -0.3 is 10.1 Å². The molecule has 1 N–H and O–H groups in total. The van der Waals surface area contributed by atoms with Gasteiger partial charge in [0, 0.05) is 19.6 Å². The van der Waals surface area contributed by atoms with Crippen LogP contribution in [0.15, 0.2) is 18.2 Å². The van der Waals surface area contributed by atoms with Crippen LogP contribution >= 0.6 is 0 Å². The first-order valence-corrected chi connectivity index (χ1v) is 8.31. The van der Waals surface area contributed by atoms with Gasteiger partial charge in [0.15, 0.2) is 0 Å². The van der Waals surface area contributed by atoms with Gasteiger partial charge in [-0.2, -0.15) is 0 Å². The zero-order valence-corrected chi connectivity index (χ0v) is 14.0. The van der Waals surface area contributed by atoms with Crippen molar-refractivity contribution < 1.29 is 9.53 Å². The maximum Gasteiger partial charge on any atom is 0.234 e. The molecule has 0 atom stereocenters. The van der Waals surface area contributed by atoms with Gasteiger partial charge in [0.25, 0.3) is 0 Å². The minimum atomic E-state index is 0.135. The van der Waals surface area contributed by atoms with Gasteiger partial charge in [0.1, 0.15) is 11.9 Å². The highest BCUT2D eigenvalue weighted by Gasteiger charge is 2.22. The Morgan fingerprint density at radius 3 is 2.73 bits per heavy atom. The Morgan fingerprint density at radius 2 is 2.05 bits per heavy atom. The fourth-order valence-electron chi connectivity index (χ4n) is 2.72. The van der Waals surface area contributed by atoms with Crippen molar-refractivity contribution >= 4 is 5.91 Å². The Hall–Kier alpha value is -1.55. The summed E-state index contributed by atoms with van der Waals surface area (Å²) in [5.74, 6) is 1.13. The number of nitrogens with zero attached hydrogens (tertiary/aromatic N) is 1. The quantitative estimate of drug-likeness (QED) is 0.878. The summed E-state index contributed by atoms with van der Waals surface area (Å²) in [7, 11) is 0. The van der Waals surface area contributed by atoms with Crippen LogP contribution in [0.4, 0.5) is 0 Å². The van der Waals surface area contributed by atoms with E-state index in [1.165, 1.54) is 11.1 Å². The van der Waals surface area contributed by atoms with E-state index in [1.807, 2.05) is 0 Å². The third-order valence-electron chi connectivity index (χ3n) is 4.11. The van der Waals surface area contributed by atoms with Crippen molar-refractivity contribution in [2.75, 3.05) is 26.2 Å². The second-order valence-electron chi connectivity index (χ2n) is 6.21. The van der Waals surface area contributed by atoms with Crippen LogP contribution in [-0.4, -0.2) is 43.1 Å². The first-order valence-electron chi connectivity index (χ1n) is 8.31. The molecule has 0 unspecified atom stereocenters. The Balaban J connectivity index is 1.77. The summed E-state index contributed by atoms with van der Waals surface area (Å²) >= 11 is 0. The Labute approximate surface area is 133 Å². The molecule has 122 valence electrons. The number of rotatable bonds is 6. The smallest absolute Gasteiger partial charge is 0.234 e. The number of hydrogen-bond donors (Lipinski definition) is 1. The van der Waals surface area contributed by atoms with Crippen molar-refractivity contribution in [3.05, 3.63) is 29.3 Å². The van der Waals surface area contributed by atoms with Gasteiger partial charge in [-0.15, -0.1) is 0 Å². The molecule has 1 saturated heterocycles. The van der Waals surface area contributed by atoms with Gasteiger partial charge in [-0.1, -0.05) is 19.1 Å². The molecule has 1 amide bonds. The van der Waals surface area contributed by atoms with E-state index in [9.17, 15) is 4.79 Å². The molecule has 4 heteroatoms. The van der Waals surface area contributed by atoms with E-state index >= 15 is 0 Å². The highest BCUT2D eigenvalue weighted by atomic mass is 16.5. The zero-order valence-electron chi connectivity index (χ0n) is 14.0. The van der Waals surface area contributed by atoms with Crippen molar-refractivity contribution in [1.82, 2.24) is 10.2 Å². The van der Waals surface area contributed by atoms with Crippen LogP contribution in [0.5, 0.6) is 5.75 Å². The maximum atomic E-state index is 11.7. The predicted molar refractivity (Wildman–Crippen MR) is 89.3 cm³/mol. The molecule has 0 spiro atoms. The van der Waals surface area contributed by atoms with E-state index in [4.69, 9.17) is 4.74 Å². The van der Waals surface area contributed by atoms with Gasteiger partial charge in [0.2, 0.25) is 5.91 Å². The summed E-state index contributed by atoms with van der Waals surface area (Å²) in [6, 6.07) is 6.33. The molecule has 22 heavy (non-hydrogen) atoms. The molecule has 1 aliphatic heterocycles. The lowest BCUT2D eigenvalue weighted by atomic mass is 10.1. The number of carbonyl (C=O) groups is 1. The van der Waals surface area contributed by atoms with E-state index in [0.29, 0.717) is 6.54 Å². The van der Waals surface area contributed by atoms with E-state index in [-0.39, 0.29) is 12.0 Å². The monoisotopic (exact) mass is 304 g/mol.